The van der Waals surface area contributed by atoms with Crippen LogP contribution in [0.1, 0.15) is 65.2 Å². The van der Waals surface area contributed by atoms with Crippen LogP contribution >= 0.6 is 0 Å². The molecule has 0 bridgehead atoms. The number of methoxy groups -OCH3 is 1. The van der Waals surface area contributed by atoms with Gasteiger partial charge in [-0.25, -0.2) is 0 Å². The zero-order chi connectivity index (χ0) is 20.7. The van der Waals surface area contributed by atoms with Gasteiger partial charge < -0.3 is 18.9 Å². The van der Waals surface area contributed by atoms with Crippen LogP contribution in [0.15, 0.2) is 12.7 Å². The zero-order valence-corrected chi connectivity index (χ0v) is 18.4. The van der Waals surface area contributed by atoms with Crippen molar-refractivity contribution in [2.75, 3.05) is 27.1 Å². The van der Waals surface area contributed by atoms with E-state index in [1.54, 1.807) is 7.11 Å². The number of rotatable bonds is 7. The van der Waals surface area contributed by atoms with Crippen molar-refractivity contribution >= 4 is 5.78 Å². The number of ether oxygens (including phenoxy) is 4. The van der Waals surface area contributed by atoms with E-state index < -0.39 is 0 Å². The Hall–Kier alpha value is -0.750. The molecule has 6 atom stereocenters. The predicted octanol–water partition coefficient (Wildman–Crippen LogP) is 4.50. The van der Waals surface area contributed by atoms with Gasteiger partial charge in [0, 0.05) is 30.8 Å². The Morgan fingerprint density at radius 3 is 2.59 bits per heavy atom. The first kappa shape index (κ1) is 21.5. The monoisotopic (exact) mass is 406 g/mol. The molecule has 0 amide bonds. The van der Waals surface area contributed by atoms with E-state index in [1.165, 1.54) is 0 Å². The maximum atomic E-state index is 13.2. The molecule has 4 aliphatic rings. The van der Waals surface area contributed by atoms with E-state index in [0.29, 0.717) is 30.0 Å². The molecular formula is C24H38O5. The van der Waals surface area contributed by atoms with Gasteiger partial charge in [-0.2, -0.15) is 0 Å². The fraction of sp³-hybridized carbons (Fsp3) is 0.875. The first-order valence-corrected chi connectivity index (χ1v) is 11.4. The summed E-state index contributed by atoms with van der Waals surface area (Å²) >= 11 is 0. The molecule has 0 radical (unpaired) electrons. The number of ketones is 1. The van der Waals surface area contributed by atoms with Crippen LogP contribution in [-0.4, -0.2) is 44.8 Å². The number of hydrogen-bond donors (Lipinski definition) is 0. The predicted molar refractivity (Wildman–Crippen MR) is 110 cm³/mol. The van der Waals surface area contributed by atoms with Gasteiger partial charge in [0.15, 0.2) is 5.79 Å². The van der Waals surface area contributed by atoms with Gasteiger partial charge in [0.05, 0.1) is 19.3 Å². The van der Waals surface area contributed by atoms with Crippen molar-refractivity contribution in [2.45, 2.75) is 77.1 Å². The smallest absolute Gasteiger partial charge is 0.174 e. The molecule has 0 aromatic heterocycles. The summed E-state index contributed by atoms with van der Waals surface area (Å²) in [5.41, 5.74) is -0.188. The SMILES string of the molecule is C=CC(CC[C@]1(C)C(=O)CCC2C1CC[C@]1(C)C2CCC12OCCO2)OCOC. The second-order valence-electron chi connectivity index (χ2n) is 10.1. The van der Waals surface area contributed by atoms with Gasteiger partial charge in [-0.05, 0) is 56.3 Å². The molecule has 4 unspecified atom stereocenters. The number of Topliss-reactive ketones (excluding diaryl/α,β-unsaturated/α-hetero) is 1. The van der Waals surface area contributed by atoms with Crippen molar-refractivity contribution in [3.05, 3.63) is 12.7 Å². The molecular weight excluding hydrogens is 368 g/mol. The number of carbonyl (C=O) groups excluding carboxylic acids is 1. The summed E-state index contributed by atoms with van der Waals surface area (Å²) in [5.74, 6) is 1.70. The van der Waals surface area contributed by atoms with Crippen LogP contribution in [0.25, 0.3) is 0 Å². The topological polar surface area (TPSA) is 54.0 Å². The molecule has 5 heteroatoms. The Kier molecular flexibility index (Phi) is 5.97. The standard InChI is InChI=1S/C24H38O5/c1-5-17(27-16-26-4)8-11-22(2)19-9-12-23(3)20(18(19)6-7-21(22)25)10-13-24(23)28-14-15-29-24/h5,17-20H,1,6-16H2,2-4H3/t17?,18?,19?,20?,22-,23+/m0/s1. The number of fused-ring (bicyclic) bond motifs is 4. The third kappa shape index (κ3) is 3.33. The van der Waals surface area contributed by atoms with E-state index in [9.17, 15) is 4.79 Å². The highest BCUT2D eigenvalue weighted by Crippen LogP contribution is 2.67. The molecule has 4 rings (SSSR count). The van der Waals surface area contributed by atoms with Gasteiger partial charge in [0.25, 0.3) is 0 Å². The normalized spacial score (nSPS) is 41.9. The summed E-state index contributed by atoms with van der Waals surface area (Å²) in [6.45, 7) is 10.2. The van der Waals surface area contributed by atoms with Gasteiger partial charge in [0.2, 0.25) is 0 Å². The lowest BCUT2D eigenvalue weighted by Crippen LogP contribution is -2.56. The Morgan fingerprint density at radius 2 is 1.90 bits per heavy atom. The van der Waals surface area contributed by atoms with Gasteiger partial charge in [-0.3, -0.25) is 4.79 Å². The fourth-order valence-electron chi connectivity index (χ4n) is 7.35. The van der Waals surface area contributed by atoms with Crippen LogP contribution < -0.4 is 0 Å². The van der Waals surface area contributed by atoms with E-state index in [4.69, 9.17) is 18.9 Å². The minimum absolute atomic E-state index is 0.0659. The van der Waals surface area contributed by atoms with Crippen LogP contribution in [0.3, 0.4) is 0 Å². The summed E-state index contributed by atoms with van der Waals surface area (Å²) in [6.07, 6.45) is 9.52. The second kappa shape index (κ2) is 8.07. The molecule has 0 aromatic rings. The van der Waals surface area contributed by atoms with E-state index in [-0.39, 0.29) is 29.5 Å². The summed E-state index contributed by atoms with van der Waals surface area (Å²) in [5, 5.41) is 0. The lowest BCUT2D eigenvalue weighted by atomic mass is 9.48. The molecule has 1 aliphatic heterocycles. The highest BCUT2D eigenvalue weighted by Gasteiger charge is 2.67. The van der Waals surface area contributed by atoms with Gasteiger partial charge in [0.1, 0.15) is 12.6 Å². The maximum Gasteiger partial charge on any atom is 0.174 e. The molecule has 29 heavy (non-hydrogen) atoms. The Bertz CT molecular complexity index is 627. The van der Waals surface area contributed by atoms with Crippen LogP contribution in [0.5, 0.6) is 0 Å². The minimum Gasteiger partial charge on any atom is -0.359 e. The molecule has 3 aliphatic carbocycles. The van der Waals surface area contributed by atoms with Crippen molar-refractivity contribution in [3.63, 3.8) is 0 Å². The van der Waals surface area contributed by atoms with Crippen molar-refractivity contribution < 1.29 is 23.7 Å². The van der Waals surface area contributed by atoms with Crippen molar-refractivity contribution in [2.24, 2.45) is 28.6 Å². The zero-order valence-electron chi connectivity index (χ0n) is 18.4. The largest absolute Gasteiger partial charge is 0.359 e. The highest BCUT2D eigenvalue weighted by atomic mass is 16.7. The molecule has 4 fully saturated rings. The summed E-state index contributed by atoms with van der Waals surface area (Å²) in [6, 6.07) is 0. The average molecular weight is 407 g/mol. The molecule has 0 aromatic carbocycles. The van der Waals surface area contributed by atoms with E-state index in [2.05, 4.69) is 20.4 Å². The Balaban J connectivity index is 1.51. The van der Waals surface area contributed by atoms with Gasteiger partial charge in [-0.1, -0.05) is 19.9 Å². The van der Waals surface area contributed by atoms with Crippen molar-refractivity contribution in [3.8, 4) is 0 Å². The third-order valence-electron chi connectivity index (χ3n) is 9.01. The Labute approximate surface area is 175 Å². The van der Waals surface area contributed by atoms with Crippen LogP contribution in [0, 0.1) is 28.6 Å². The third-order valence-corrected chi connectivity index (χ3v) is 9.01. The molecule has 1 heterocycles. The summed E-state index contributed by atoms with van der Waals surface area (Å²) in [4.78, 5) is 13.2. The summed E-state index contributed by atoms with van der Waals surface area (Å²) in [7, 11) is 1.63. The molecule has 5 nitrogen and oxygen atoms in total. The fourth-order valence-corrected chi connectivity index (χ4v) is 7.35. The van der Waals surface area contributed by atoms with Gasteiger partial charge in [-0.15, -0.1) is 6.58 Å². The Morgan fingerprint density at radius 1 is 1.17 bits per heavy atom. The van der Waals surface area contributed by atoms with Crippen LogP contribution in [-0.2, 0) is 23.7 Å². The first-order chi connectivity index (χ1) is 13.9. The molecule has 164 valence electrons. The van der Waals surface area contributed by atoms with E-state index >= 15 is 0 Å². The average Bonchev–Trinajstić information content (AvgIpc) is 3.31. The van der Waals surface area contributed by atoms with Crippen LogP contribution in [0.4, 0.5) is 0 Å². The molecule has 0 N–H and O–H groups in total. The summed E-state index contributed by atoms with van der Waals surface area (Å²) < 4.78 is 23.2. The van der Waals surface area contributed by atoms with Crippen molar-refractivity contribution in [1.29, 1.82) is 0 Å². The molecule has 3 saturated carbocycles. The minimum atomic E-state index is -0.373. The van der Waals surface area contributed by atoms with E-state index in [1.807, 2.05) is 6.08 Å². The van der Waals surface area contributed by atoms with Gasteiger partial charge >= 0.3 is 0 Å². The maximum absolute atomic E-state index is 13.2. The number of hydrogen-bond acceptors (Lipinski definition) is 5. The van der Waals surface area contributed by atoms with Crippen molar-refractivity contribution in [1.82, 2.24) is 0 Å². The lowest BCUT2D eigenvalue weighted by molar-refractivity contribution is -0.243. The molecule has 1 spiro atoms. The highest BCUT2D eigenvalue weighted by molar-refractivity contribution is 5.85. The quantitative estimate of drug-likeness (QED) is 0.460. The van der Waals surface area contributed by atoms with E-state index in [0.717, 1.165) is 58.2 Å². The second-order valence-corrected chi connectivity index (χ2v) is 10.1. The van der Waals surface area contributed by atoms with Crippen LogP contribution in [0.2, 0.25) is 0 Å². The molecule has 1 saturated heterocycles. The number of carbonyl (C=O) groups is 1. The lowest BCUT2D eigenvalue weighted by Gasteiger charge is -2.57. The first-order valence-electron chi connectivity index (χ1n) is 11.4.